The molecule has 0 amide bonds. The predicted molar refractivity (Wildman–Crippen MR) is 99.8 cm³/mol. The van der Waals surface area contributed by atoms with Crippen molar-refractivity contribution < 1.29 is 9.26 Å². The van der Waals surface area contributed by atoms with E-state index >= 15 is 0 Å². The van der Waals surface area contributed by atoms with Crippen molar-refractivity contribution >= 4 is 0 Å². The van der Waals surface area contributed by atoms with E-state index in [1.807, 2.05) is 36.4 Å². The summed E-state index contributed by atoms with van der Waals surface area (Å²) < 4.78 is 10.9. The summed E-state index contributed by atoms with van der Waals surface area (Å²) in [6.45, 7) is 6.52. The molecule has 1 aromatic heterocycles. The third kappa shape index (κ3) is 6.18. The van der Waals surface area contributed by atoms with Gasteiger partial charge in [-0.15, -0.1) is 0 Å². The molecule has 25 heavy (non-hydrogen) atoms. The molecule has 5 nitrogen and oxygen atoms in total. The maximum atomic E-state index is 5.62. The fraction of sp³-hybridized carbons (Fsp3) is 0.550. The van der Waals surface area contributed by atoms with Crippen LogP contribution in [0.2, 0.25) is 0 Å². The van der Waals surface area contributed by atoms with Crippen LogP contribution >= 0.6 is 0 Å². The van der Waals surface area contributed by atoms with Gasteiger partial charge in [0.1, 0.15) is 6.61 Å². The Bertz CT molecular complexity index is 578. The molecule has 1 N–H and O–H groups in total. The van der Waals surface area contributed by atoms with Crippen molar-refractivity contribution in [2.75, 3.05) is 39.3 Å². The van der Waals surface area contributed by atoms with E-state index in [4.69, 9.17) is 9.26 Å². The van der Waals surface area contributed by atoms with Crippen molar-refractivity contribution in [2.24, 2.45) is 0 Å². The molecule has 0 saturated carbocycles. The van der Waals surface area contributed by atoms with E-state index in [1.54, 1.807) is 0 Å². The van der Waals surface area contributed by atoms with Crippen LogP contribution < -0.4 is 10.1 Å². The maximum Gasteiger partial charge on any atom is 0.254 e. The Kier molecular flexibility index (Phi) is 7.33. The van der Waals surface area contributed by atoms with Gasteiger partial charge in [0.2, 0.25) is 0 Å². The van der Waals surface area contributed by atoms with Gasteiger partial charge in [-0.1, -0.05) is 36.8 Å². The van der Waals surface area contributed by atoms with Crippen LogP contribution in [-0.2, 0) is 0 Å². The normalized spacial score (nSPS) is 17.8. The minimum absolute atomic E-state index is 0.568. The standard InChI is InChI=1S/C15H18N2O2.C5H11N/c1-2-6-13(7-3-1)14-12-15(16-19-14)18-11-10-17-8-4-5-9-17;1-2-4-6-5-3-1/h1-3,6-7,12H,4-5,8-11H2;6H,1-5H2. The Morgan fingerprint density at radius 1 is 1.00 bits per heavy atom. The zero-order chi connectivity index (χ0) is 17.2. The molecule has 2 aliphatic rings. The molecule has 3 heterocycles. The SMILES string of the molecule is C1CCNCC1.c1ccc(-c2cc(OCCN3CCCC3)no2)cc1. The first-order chi connectivity index (χ1) is 12.4. The second kappa shape index (κ2) is 10.2. The van der Waals surface area contributed by atoms with Crippen molar-refractivity contribution in [3.05, 3.63) is 36.4 Å². The zero-order valence-electron chi connectivity index (χ0n) is 15.0. The van der Waals surface area contributed by atoms with Crippen LogP contribution in [0, 0.1) is 0 Å². The molecule has 2 fully saturated rings. The van der Waals surface area contributed by atoms with Crippen molar-refractivity contribution in [1.29, 1.82) is 0 Å². The van der Waals surface area contributed by atoms with Gasteiger partial charge in [0.25, 0.3) is 5.88 Å². The molecule has 0 bridgehead atoms. The van der Waals surface area contributed by atoms with Crippen molar-refractivity contribution in [1.82, 2.24) is 15.4 Å². The molecule has 0 radical (unpaired) electrons. The molecule has 4 rings (SSSR count). The first-order valence-corrected chi connectivity index (χ1v) is 9.50. The molecule has 136 valence electrons. The highest BCUT2D eigenvalue weighted by Crippen LogP contribution is 2.23. The van der Waals surface area contributed by atoms with E-state index in [9.17, 15) is 0 Å². The number of likely N-dealkylation sites (tertiary alicyclic amines) is 1. The van der Waals surface area contributed by atoms with Gasteiger partial charge in [-0.25, -0.2) is 0 Å². The summed E-state index contributed by atoms with van der Waals surface area (Å²) in [6.07, 6.45) is 6.83. The molecule has 2 aromatic rings. The van der Waals surface area contributed by atoms with Gasteiger partial charge < -0.3 is 14.6 Å². The number of aromatic nitrogens is 1. The van der Waals surface area contributed by atoms with E-state index in [0.29, 0.717) is 12.5 Å². The first-order valence-electron chi connectivity index (χ1n) is 9.50. The van der Waals surface area contributed by atoms with Gasteiger partial charge in [-0.2, -0.15) is 0 Å². The summed E-state index contributed by atoms with van der Waals surface area (Å²) >= 11 is 0. The number of hydrogen-bond donors (Lipinski definition) is 1. The van der Waals surface area contributed by atoms with Crippen LogP contribution in [0.3, 0.4) is 0 Å². The third-order valence-electron chi connectivity index (χ3n) is 4.61. The minimum atomic E-state index is 0.568. The van der Waals surface area contributed by atoms with Crippen molar-refractivity contribution in [2.45, 2.75) is 32.1 Å². The fourth-order valence-electron chi connectivity index (χ4n) is 3.15. The summed E-state index contributed by atoms with van der Waals surface area (Å²) in [5.74, 6) is 1.31. The summed E-state index contributed by atoms with van der Waals surface area (Å²) in [5.41, 5.74) is 1.02. The lowest BCUT2D eigenvalue weighted by Gasteiger charge is -2.13. The molecule has 2 aliphatic heterocycles. The van der Waals surface area contributed by atoms with E-state index in [2.05, 4.69) is 15.4 Å². The first kappa shape index (κ1) is 18.0. The number of piperidine rings is 1. The van der Waals surface area contributed by atoms with Gasteiger partial charge in [-0.05, 0) is 57.0 Å². The quantitative estimate of drug-likeness (QED) is 0.899. The summed E-state index contributed by atoms with van der Waals surface area (Å²) in [7, 11) is 0. The molecule has 1 aromatic carbocycles. The Hall–Kier alpha value is -1.85. The Morgan fingerprint density at radius 3 is 2.40 bits per heavy atom. The number of hydrogen-bond acceptors (Lipinski definition) is 5. The Balaban J connectivity index is 0.000000258. The van der Waals surface area contributed by atoms with Crippen LogP contribution in [-0.4, -0.2) is 49.4 Å². The highest BCUT2D eigenvalue weighted by atomic mass is 16.5. The molecule has 0 spiro atoms. The van der Waals surface area contributed by atoms with Gasteiger partial charge in [0, 0.05) is 18.2 Å². The number of rotatable bonds is 5. The van der Waals surface area contributed by atoms with Gasteiger partial charge in [-0.3, -0.25) is 4.90 Å². The molecule has 5 heteroatoms. The number of nitrogens with one attached hydrogen (secondary N) is 1. The van der Waals surface area contributed by atoms with Crippen LogP contribution in [0.4, 0.5) is 0 Å². The molecule has 0 aliphatic carbocycles. The van der Waals surface area contributed by atoms with Gasteiger partial charge in [0.05, 0.1) is 0 Å². The number of nitrogens with zero attached hydrogens (tertiary/aromatic N) is 2. The van der Waals surface area contributed by atoms with Crippen molar-refractivity contribution in [3.8, 4) is 17.2 Å². The summed E-state index contributed by atoms with van der Waals surface area (Å²) in [4.78, 5) is 2.41. The van der Waals surface area contributed by atoms with Crippen LogP contribution in [0.15, 0.2) is 40.9 Å². The third-order valence-corrected chi connectivity index (χ3v) is 4.61. The molecular formula is C20H29N3O2. The topological polar surface area (TPSA) is 50.5 Å². The van der Waals surface area contributed by atoms with E-state index in [0.717, 1.165) is 17.9 Å². The van der Waals surface area contributed by atoms with Crippen LogP contribution in [0.5, 0.6) is 5.88 Å². The van der Waals surface area contributed by atoms with Gasteiger partial charge in [0.15, 0.2) is 5.76 Å². The second-order valence-corrected chi connectivity index (χ2v) is 6.60. The average Bonchev–Trinajstić information content (AvgIpc) is 3.37. The average molecular weight is 343 g/mol. The predicted octanol–water partition coefficient (Wildman–Crippen LogP) is 3.58. The fourth-order valence-corrected chi connectivity index (χ4v) is 3.15. The van der Waals surface area contributed by atoms with Crippen LogP contribution in [0.1, 0.15) is 32.1 Å². The van der Waals surface area contributed by atoms with Crippen LogP contribution in [0.25, 0.3) is 11.3 Å². The molecule has 2 saturated heterocycles. The molecular weight excluding hydrogens is 314 g/mol. The molecule has 0 unspecified atom stereocenters. The highest BCUT2D eigenvalue weighted by molar-refractivity contribution is 5.57. The minimum Gasteiger partial charge on any atom is -0.474 e. The monoisotopic (exact) mass is 343 g/mol. The Morgan fingerprint density at radius 2 is 1.76 bits per heavy atom. The summed E-state index contributed by atoms with van der Waals surface area (Å²) in [6, 6.07) is 11.8. The highest BCUT2D eigenvalue weighted by Gasteiger charge is 2.12. The van der Waals surface area contributed by atoms with E-state index in [-0.39, 0.29) is 0 Å². The number of ether oxygens (including phenoxy) is 1. The second-order valence-electron chi connectivity index (χ2n) is 6.60. The lowest BCUT2D eigenvalue weighted by atomic mass is 10.2. The number of benzene rings is 1. The van der Waals surface area contributed by atoms with Crippen molar-refractivity contribution in [3.63, 3.8) is 0 Å². The van der Waals surface area contributed by atoms with E-state index in [1.165, 1.54) is 58.3 Å². The molecule has 0 atom stereocenters. The zero-order valence-corrected chi connectivity index (χ0v) is 15.0. The van der Waals surface area contributed by atoms with E-state index < -0.39 is 0 Å². The summed E-state index contributed by atoms with van der Waals surface area (Å²) in [5, 5.41) is 7.23. The lowest BCUT2D eigenvalue weighted by molar-refractivity contribution is 0.223. The smallest absolute Gasteiger partial charge is 0.254 e. The van der Waals surface area contributed by atoms with Gasteiger partial charge >= 0.3 is 0 Å². The lowest BCUT2D eigenvalue weighted by Crippen LogP contribution is -2.25. The maximum absolute atomic E-state index is 5.62. The Labute approximate surface area is 150 Å². The largest absolute Gasteiger partial charge is 0.474 e.